The van der Waals surface area contributed by atoms with Crippen LogP contribution in [0.3, 0.4) is 0 Å². The third-order valence-electron chi connectivity index (χ3n) is 2.77. The number of rotatable bonds is 1. The van der Waals surface area contributed by atoms with Crippen LogP contribution in [0.4, 0.5) is 19.1 Å². The summed E-state index contributed by atoms with van der Waals surface area (Å²) in [5.74, 6) is 0.347. The summed E-state index contributed by atoms with van der Waals surface area (Å²) in [6.45, 7) is 0.331. The van der Waals surface area contributed by atoms with Crippen LogP contribution in [0.5, 0.6) is 0 Å². The van der Waals surface area contributed by atoms with Gasteiger partial charge >= 0.3 is 6.18 Å². The highest BCUT2D eigenvalue weighted by atomic mass is 19.4. The minimum absolute atomic E-state index is 0.0760. The number of aliphatic imine (C=N–C) groups is 1. The summed E-state index contributed by atoms with van der Waals surface area (Å²) in [5.41, 5.74) is -0.460. The second-order valence-corrected chi connectivity index (χ2v) is 4.04. The summed E-state index contributed by atoms with van der Waals surface area (Å²) in [4.78, 5) is 12.5. The summed E-state index contributed by atoms with van der Waals surface area (Å²) >= 11 is 0. The second-order valence-electron chi connectivity index (χ2n) is 4.04. The average Bonchev–Trinajstić information content (AvgIpc) is 2.82. The summed E-state index contributed by atoms with van der Waals surface area (Å²) < 4.78 is 38.6. The molecule has 0 unspecified atom stereocenters. The van der Waals surface area contributed by atoms with Gasteiger partial charge in [0.25, 0.3) is 0 Å². The van der Waals surface area contributed by atoms with Gasteiger partial charge in [0.2, 0.25) is 5.95 Å². The van der Waals surface area contributed by atoms with Gasteiger partial charge in [-0.15, -0.1) is 0 Å². The molecule has 1 N–H and O–H groups in total. The van der Waals surface area contributed by atoms with Gasteiger partial charge in [0.05, 0.1) is 11.1 Å². The van der Waals surface area contributed by atoms with Crippen molar-refractivity contribution in [2.24, 2.45) is 4.99 Å². The molecule has 3 rings (SSSR count). The van der Waals surface area contributed by atoms with E-state index in [2.05, 4.69) is 15.0 Å². The first-order chi connectivity index (χ1) is 9.05. The number of alkyl halides is 3. The Balaban J connectivity index is 2.11. The number of anilines is 1. The molecule has 7 heteroatoms. The van der Waals surface area contributed by atoms with Gasteiger partial charge in [-0.1, -0.05) is 6.07 Å². The molecule has 0 saturated heterocycles. The van der Waals surface area contributed by atoms with Gasteiger partial charge < -0.3 is 4.98 Å². The van der Waals surface area contributed by atoms with Gasteiger partial charge in [-0.25, -0.2) is 4.98 Å². The largest absolute Gasteiger partial charge is 0.418 e. The standard InChI is InChI=1S/C12H9F3N4/c13-12(14,15)8-3-1-4-9-10(8)18-11(17-9)19-6-2-5-16-7-19/h1-6H,7H2,(H,17,18). The Hall–Kier alpha value is -2.31. The van der Waals surface area contributed by atoms with Crippen molar-refractivity contribution in [1.82, 2.24) is 9.97 Å². The third-order valence-corrected chi connectivity index (χ3v) is 2.77. The first-order valence-corrected chi connectivity index (χ1v) is 5.55. The molecule has 4 nitrogen and oxygen atoms in total. The molecule has 0 fully saturated rings. The van der Waals surface area contributed by atoms with Crippen molar-refractivity contribution in [3.8, 4) is 0 Å². The molecule has 1 aromatic heterocycles. The number of aromatic amines is 1. The summed E-state index contributed by atoms with van der Waals surface area (Å²) in [5, 5.41) is 0. The van der Waals surface area contributed by atoms with Crippen LogP contribution in [0.15, 0.2) is 35.5 Å². The van der Waals surface area contributed by atoms with Gasteiger partial charge in [0.15, 0.2) is 0 Å². The fourth-order valence-electron chi connectivity index (χ4n) is 1.91. The van der Waals surface area contributed by atoms with E-state index in [0.29, 0.717) is 18.1 Å². The molecule has 98 valence electrons. The Morgan fingerprint density at radius 3 is 2.79 bits per heavy atom. The number of halogens is 3. The molecule has 0 aliphatic carbocycles. The lowest BCUT2D eigenvalue weighted by Gasteiger charge is -2.15. The predicted octanol–water partition coefficient (Wildman–Crippen LogP) is 2.94. The van der Waals surface area contributed by atoms with Gasteiger partial charge in [-0.2, -0.15) is 13.2 Å². The summed E-state index contributed by atoms with van der Waals surface area (Å²) in [6.07, 6.45) is 0.613. The van der Waals surface area contributed by atoms with Crippen molar-refractivity contribution in [1.29, 1.82) is 0 Å². The molecule has 1 aliphatic heterocycles. The fraction of sp³-hybridized carbons (Fsp3) is 0.167. The van der Waals surface area contributed by atoms with E-state index in [-0.39, 0.29) is 5.52 Å². The predicted molar refractivity (Wildman–Crippen MR) is 66.1 cm³/mol. The van der Waals surface area contributed by atoms with Crippen LogP contribution in [0.2, 0.25) is 0 Å². The monoisotopic (exact) mass is 266 g/mol. The Morgan fingerprint density at radius 1 is 1.26 bits per heavy atom. The molecule has 19 heavy (non-hydrogen) atoms. The molecular weight excluding hydrogens is 257 g/mol. The minimum atomic E-state index is -4.41. The fourth-order valence-corrected chi connectivity index (χ4v) is 1.91. The lowest BCUT2D eigenvalue weighted by molar-refractivity contribution is -0.136. The maximum Gasteiger partial charge on any atom is 0.418 e. The van der Waals surface area contributed by atoms with Crippen LogP contribution >= 0.6 is 0 Å². The van der Waals surface area contributed by atoms with E-state index in [4.69, 9.17) is 0 Å². The number of nitrogens with zero attached hydrogens (tertiary/aromatic N) is 3. The van der Waals surface area contributed by atoms with Crippen LogP contribution in [0, 0.1) is 0 Å². The van der Waals surface area contributed by atoms with E-state index in [0.717, 1.165) is 6.07 Å². The quantitative estimate of drug-likeness (QED) is 0.862. The van der Waals surface area contributed by atoms with E-state index in [9.17, 15) is 13.2 Å². The molecule has 0 radical (unpaired) electrons. The molecule has 1 aliphatic rings. The second kappa shape index (κ2) is 4.11. The third kappa shape index (κ3) is 2.07. The van der Waals surface area contributed by atoms with E-state index in [1.807, 2.05) is 0 Å². The highest BCUT2D eigenvalue weighted by molar-refractivity contribution is 5.82. The van der Waals surface area contributed by atoms with Crippen molar-refractivity contribution >= 4 is 23.2 Å². The number of hydrogen-bond donors (Lipinski definition) is 1. The highest BCUT2D eigenvalue weighted by Gasteiger charge is 2.33. The number of nitrogens with one attached hydrogen (secondary N) is 1. The smallest absolute Gasteiger partial charge is 0.324 e. The van der Waals surface area contributed by atoms with Crippen molar-refractivity contribution in [3.05, 3.63) is 36.0 Å². The molecule has 0 spiro atoms. The van der Waals surface area contributed by atoms with Gasteiger partial charge in [0, 0.05) is 12.4 Å². The summed E-state index contributed by atoms with van der Waals surface area (Å²) in [6, 6.07) is 3.95. The molecule has 0 amide bonds. The van der Waals surface area contributed by atoms with Crippen molar-refractivity contribution in [3.63, 3.8) is 0 Å². The molecular formula is C12H9F3N4. The zero-order valence-electron chi connectivity index (χ0n) is 9.65. The zero-order valence-corrected chi connectivity index (χ0v) is 9.65. The lowest BCUT2D eigenvalue weighted by Crippen LogP contribution is -2.19. The van der Waals surface area contributed by atoms with E-state index >= 15 is 0 Å². The first-order valence-electron chi connectivity index (χ1n) is 5.55. The highest BCUT2D eigenvalue weighted by Crippen LogP contribution is 2.34. The maximum atomic E-state index is 12.9. The average molecular weight is 266 g/mol. The maximum absolute atomic E-state index is 12.9. The Labute approximate surface area is 106 Å². The number of benzene rings is 1. The van der Waals surface area contributed by atoms with Crippen LogP contribution < -0.4 is 4.90 Å². The molecule has 2 heterocycles. The van der Waals surface area contributed by atoms with E-state index < -0.39 is 11.7 Å². The van der Waals surface area contributed by atoms with Crippen molar-refractivity contribution < 1.29 is 13.2 Å². The number of hydrogen-bond acceptors (Lipinski definition) is 3. The van der Waals surface area contributed by atoms with Crippen molar-refractivity contribution in [2.75, 3.05) is 11.6 Å². The number of H-pyrrole nitrogens is 1. The molecule has 0 atom stereocenters. The Morgan fingerprint density at radius 2 is 2.11 bits per heavy atom. The number of allylic oxidation sites excluding steroid dienone is 1. The minimum Gasteiger partial charge on any atom is -0.324 e. The molecule has 0 bridgehead atoms. The lowest BCUT2D eigenvalue weighted by atomic mass is 10.2. The van der Waals surface area contributed by atoms with Gasteiger partial charge in [0.1, 0.15) is 12.2 Å². The molecule has 0 saturated carbocycles. The van der Waals surface area contributed by atoms with Crippen LogP contribution in [-0.2, 0) is 6.18 Å². The number of fused-ring (bicyclic) bond motifs is 1. The topological polar surface area (TPSA) is 44.3 Å². The summed E-state index contributed by atoms with van der Waals surface area (Å²) in [7, 11) is 0. The van der Waals surface area contributed by atoms with E-state index in [1.165, 1.54) is 6.07 Å². The molecule has 1 aromatic carbocycles. The number of para-hydroxylation sites is 1. The Kier molecular flexibility index (Phi) is 2.55. The van der Waals surface area contributed by atoms with Crippen molar-refractivity contribution in [2.45, 2.75) is 6.18 Å². The van der Waals surface area contributed by atoms with Crippen LogP contribution in [0.25, 0.3) is 11.0 Å². The Bertz CT molecular complexity index is 669. The number of aromatic nitrogens is 2. The number of imidazole rings is 1. The SMILES string of the molecule is FC(F)(F)c1cccc2[nH]c(N3C=CC=NC3)nc12. The van der Waals surface area contributed by atoms with Crippen LogP contribution in [0.1, 0.15) is 5.56 Å². The normalized spacial score (nSPS) is 15.4. The molecule has 2 aromatic rings. The van der Waals surface area contributed by atoms with Crippen LogP contribution in [-0.4, -0.2) is 22.9 Å². The van der Waals surface area contributed by atoms with Gasteiger partial charge in [-0.05, 0) is 18.2 Å². The van der Waals surface area contributed by atoms with Gasteiger partial charge in [-0.3, -0.25) is 9.89 Å². The van der Waals surface area contributed by atoms with E-state index in [1.54, 1.807) is 29.5 Å². The zero-order chi connectivity index (χ0) is 13.5. The first kappa shape index (κ1) is 11.8.